The molecule has 2 fully saturated rings. The molecule has 0 bridgehead atoms. The molecule has 4 nitrogen and oxygen atoms in total. The summed E-state index contributed by atoms with van der Waals surface area (Å²) in [7, 11) is 0. The molecule has 1 saturated heterocycles. The zero-order valence-corrected chi connectivity index (χ0v) is 14.2. The Labute approximate surface area is 131 Å². The minimum atomic E-state index is -0.0653. The van der Waals surface area contributed by atoms with Crippen molar-refractivity contribution in [2.45, 2.75) is 58.9 Å². The van der Waals surface area contributed by atoms with Crippen LogP contribution in [0.2, 0.25) is 0 Å². The molecule has 0 spiro atoms. The maximum Gasteiger partial charge on any atom is 0.235 e. The molecular weight excluding hydrogens is 284 g/mol. The molecule has 1 aliphatic heterocycles. The van der Waals surface area contributed by atoms with Crippen LogP contribution in [-0.2, 0) is 9.59 Å². The first-order chi connectivity index (χ1) is 9.91. The van der Waals surface area contributed by atoms with Crippen molar-refractivity contribution in [2.24, 2.45) is 20.8 Å². The molecule has 2 atom stereocenters. The third kappa shape index (κ3) is 7.08. The summed E-state index contributed by atoms with van der Waals surface area (Å²) in [4.78, 5) is 28.0. The predicted molar refractivity (Wildman–Crippen MR) is 87.2 cm³/mol. The van der Waals surface area contributed by atoms with Crippen molar-refractivity contribution in [3.8, 4) is 0 Å². The normalized spacial score (nSPS) is 30.3. The Bertz CT molecular complexity index is 414. The molecule has 2 rings (SSSR count). The van der Waals surface area contributed by atoms with Gasteiger partial charge in [-0.2, -0.15) is 11.8 Å². The molecule has 0 radical (unpaired) electrons. The van der Waals surface area contributed by atoms with Crippen molar-refractivity contribution in [3.05, 3.63) is 0 Å². The molecule has 0 aromatic heterocycles. The van der Waals surface area contributed by atoms with Crippen molar-refractivity contribution < 1.29 is 9.59 Å². The maximum atomic E-state index is 10.3. The minimum absolute atomic E-state index is 0.00750. The highest BCUT2D eigenvalue weighted by Crippen LogP contribution is 2.47. The number of aliphatic imine (C=N–C) groups is 2. The summed E-state index contributed by atoms with van der Waals surface area (Å²) in [6.45, 7) is 6.86. The number of nitrogens with zero attached hydrogens (tertiary/aromatic N) is 2. The quantitative estimate of drug-likeness (QED) is 0.589. The molecule has 0 aromatic carbocycles. The van der Waals surface area contributed by atoms with E-state index in [0.29, 0.717) is 6.54 Å². The summed E-state index contributed by atoms with van der Waals surface area (Å²) in [6, 6.07) is 0.00750. The summed E-state index contributed by atoms with van der Waals surface area (Å²) in [5, 5.41) is 0. The third-order valence-corrected chi connectivity index (χ3v) is 5.16. The van der Waals surface area contributed by atoms with E-state index in [2.05, 4.69) is 42.5 Å². The average molecular weight is 310 g/mol. The molecule has 2 unspecified atom stereocenters. The molecule has 0 aromatic rings. The van der Waals surface area contributed by atoms with Gasteiger partial charge in [0.15, 0.2) is 0 Å². The fourth-order valence-corrected chi connectivity index (χ4v) is 4.62. The van der Waals surface area contributed by atoms with Crippen LogP contribution < -0.4 is 0 Å². The van der Waals surface area contributed by atoms with Gasteiger partial charge in [0.25, 0.3) is 0 Å². The summed E-state index contributed by atoms with van der Waals surface area (Å²) < 4.78 is 0. The van der Waals surface area contributed by atoms with Gasteiger partial charge in [-0.25, -0.2) is 19.6 Å². The van der Waals surface area contributed by atoms with E-state index in [9.17, 15) is 9.59 Å². The van der Waals surface area contributed by atoms with Gasteiger partial charge in [-0.1, -0.05) is 20.8 Å². The van der Waals surface area contributed by atoms with Gasteiger partial charge in [0, 0.05) is 0 Å². The highest BCUT2D eigenvalue weighted by Gasteiger charge is 2.41. The van der Waals surface area contributed by atoms with Gasteiger partial charge in [-0.15, -0.1) is 0 Å². The van der Waals surface area contributed by atoms with Crippen molar-refractivity contribution in [3.63, 3.8) is 0 Å². The van der Waals surface area contributed by atoms with Crippen LogP contribution in [0.25, 0.3) is 0 Å². The standard InChI is InChI=1S/C12H18N2O2.C4H8S/c1-11(2)4-10(14-9-16)5-12(3,6-11)7-13-8-15;1-2-4-5-3-1/h10H,4-7H2,1-3H3;1-4H2. The van der Waals surface area contributed by atoms with Crippen molar-refractivity contribution in [1.29, 1.82) is 0 Å². The largest absolute Gasteiger partial charge is 0.235 e. The smallest absolute Gasteiger partial charge is 0.211 e. The zero-order valence-electron chi connectivity index (χ0n) is 13.4. The lowest BCUT2D eigenvalue weighted by Gasteiger charge is -2.44. The predicted octanol–water partition coefficient (Wildman–Crippen LogP) is 3.76. The molecule has 2 aliphatic rings. The van der Waals surface area contributed by atoms with Crippen LogP contribution in [0.5, 0.6) is 0 Å². The topological polar surface area (TPSA) is 58.9 Å². The molecule has 0 N–H and O–H groups in total. The van der Waals surface area contributed by atoms with E-state index in [0.717, 1.165) is 19.3 Å². The highest BCUT2D eigenvalue weighted by atomic mass is 32.2. The van der Waals surface area contributed by atoms with E-state index in [1.807, 2.05) is 0 Å². The first kappa shape index (κ1) is 18.2. The number of hydrogen-bond donors (Lipinski definition) is 0. The van der Waals surface area contributed by atoms with Crippen LogP contribution in [0.4, 0.5) is 0 Å². The Morgan fingerprint density at radius 1 is 1.10 bits per heavy atom. The number of hydrogen-bond acceptors (Lipinski definition) is 5. The highest BCUT2D eigenvalue weighted by molar-refractivity contribution is 7.99. The van der Waals surface area contributed by atoms with Gasteiger partial charge in [0.2, 0.25) is 12.2 Å². The molecular formula is C16H26N2O2S. The second-order valence-electron chi connectivity index (χ2n) is 7.16. The van der Waals surface area contributed by atoms with E-state index < -0.39 is 0 Å². The SMILES string of the molecule is C1CCSC1.CC1(C)CC(N=C=O)CC(C)(CN=C=O)C1. The molecule has 5 heteroatoms. The molecule has 1 heterocycles. The van der Waals surface area contributed by atoms with E-state index in [4.69, 9.17) is 0 Å². The van der Waals surface area contributed by atoms with Crippen LogP contribution in [0.1, 0.15) is 52.9 Å². The van der Waals surface area contributed by atoms with E-state index in [1.54, 1.807) is 12.2 Å². The fraction of sp³-hybridized carbons (Fsp3) is 0.875. The second-order valence-corrected chi connectivity index (χ2v) is 8.39. The number of isocyanates is 2. The summed E-state index contributed by atoms with van der Waals surface area (Å²) >= 11 is 2.07. The van der Waals surface area contributed by atoms with Crippen LogP contribution in [0.3, 0.4) is 0 Å². The van der Waals surface area contributed by atoms with Gasteiger partial charge < -0.3 is 0 Å². The van der Waals surface area contributed by atoms with Gasteiger partial charge in [-0.05, 0) is 54.4 Å². The minimum Gasteiger partial charge on any atom is -0.211 e. The number of rotatable bonds is 3. The van der Waals surface area contributed by atoms with Gasteiger partial charge in [0.1, 0.15) is 0 Å². The monoisotopic (exact) mass is 310 g/mol. The Hall–Kier alpha value is -0.890. The third-order valence-electron chi connectivity index (χ3n) is 4.01. The van der Waals surface area contributed by atoms with Gasteiger partial charge in [0.05, 0.1) is 12.6 Å². The Balaban J connectivity index is 0.000000369. The molecule has 1 aliphatic carbocycles. The Morgan fingerprint density at radius 2 is 1.76 bits per heavy atom. The van der Waals surface area contributed by atoms with Gasteiger partial charge in [-0.3, -0.25) is 0 Å². The van der Waals surface area contributed by atoms with Crippen LogP contribution in [0.15, 0.2) is 9.98 Å². The molecule has 1 saturated carbocycles. The van der Waals surface area contributed by atoms with Gasteiger partial charge >= 0.3 is 0 Å². The molecule has 0 amide bonds. The van der Waals surface area contributed by atoms with E-state index in [1.165, 1.54) is 24.3 Å². The summed E-state index contributed by atoms with van der Waals surface area (Å²) in [6.07, 6.45) is 8.81. The lowest BCUT2D eigenvalue weighted by molar-refractivity contribution is 0.0915. The maximum absolute atomic E-state index is 10.3. The first-order valence-electron chi connectivity index (χ1n) is 7.59. The van der Waals surface area contributed by atoms with Crippen LogP contribution in [0, 0.1) is 10.8 Å². The fourth-order valence-electron chi connectivity index (χ4n) is 3.60. The first-order valence-corrected chi connectivity index (χ1v) is 8.75. The number of carbonyl (C=O) groups excluding carboxylic acids is 2. The Morgan fingerprint density at radius 3 is 2.24 bits per heavy atom. The summed E-state index contributed by atoms with van der Waals surface area (Å²) in [5.74, 6) is 2.83. The average Bonchev–Trinajstić information content (AvgIpc) is 2.93. The van der Waals surface area contributed by atoms with Crippen LogP contribution >= 0.6 is 11.8 Å². The second kappa shape index (κ2) is 8.53. The lowest BCUT2D eigenvalue weighted by Crippen LogP contribution is -2.39. The molecule has 118 valence electrons. The zero-order chi connectivity index (χ0) is 15.8. The lowest BCUT2D eigenvalue weighted by atomic mass is 9.63. The number of thioether (sulfide) groups is 1. The van der Waals surface area contributed by atoms with E-state index >= 15 is 0 Å². The Kier molecular flexibility index (Phi) is 7.37. The van der Waals surface area contributed by atoms with E-state index in [-0.39, 0.29) is 16.9 Å². The van der Waals surface area contributed by atoms with Crippen molar-refractivity contribution >= 4 is 23.9 Å². The van der Waals surface area contributed by atoms with Crippen molar-refractivity contribution in [1.82, 2.24) is 0 Å². The molecule has 21 heavy (non-hydrogen) atoms. The van der Waals surface area contributed by atoms with Crippen LogP contribution in [-0.4, -0.2) is 36.3 Å². The van der Waals surface area contributed by atoms with Crippen molar-refractivity contribution in [2.75, 3.05) is 18.1 Å². The summed E-state index contributed by atoms with van der Waals surface area (Å²) in [5.41, 5.74) is 0.0561.